The third-order valence-corrected chi connectivity index (χ3v) is 2.40. The predicted octanol–water partition coefficient (Wildman–Crippen LogP) is 1.81. The minimum Gasteiger partial charge on any atom is -0.436 e. The molecular weight excluding hydrogens is 204 g/mol. The van der Waals surface area contributed by atoms with Gasteiger partial charge in [0, 0.05) is 13.2 Å². The zero-order valence-electron chi connectivity index (χ0n) is 8.71. The van der Waals surface area contributed by atoms with Crippen LogP contribution < -0.4 is 5.73 Å². The summed E-state index contributed by atoms with van der Waals surface area (Å²) >= 11 is 0. The predicted molar refractivity (Wildman–Crippen MR) is 60.6 cm³/mol. The molecule has 0 radical (unpaired) electrons. The van der Waals surface area contributed by atoms with E-state index in [0.717, 1.165) is 5.56 Å². The molecule has 0 bridgehead atoms. The first-order valence-corrected chi connectivity index (χ1v) is 4.88. The summed E-state index contributed by atoms with van der Waals surface area (Å²) in [6, 6.07) is 5.49. The Morgan fingerprint density at radius 3 is 2.94 bits per heavy atom. The lowest BCUT2D eigenvalue weighted by Gasteiger charge is -1.89. The van der Waals surface area contributed by atoms with Crippen LogP contribution in [0.3, 0.4) is 0 Å². The topological polar surface area (TPSA) is 69.9 Å². The number of para-hydroxylation sites is 1. The molecule has 5 heteroatoms. The number of aromatic nitrogens is 3. The normalized spacial score (nSPS) is 11.1. The van der Waals surface area contributed by atoms with Gasteiger partial charge in [-0.25, -0.2) is 4.98 Å². The number of rotatable bonds is 1. The number of hydrogen-bond donors (Lipinski definition) is 1. The Balaban J connectivity index is 2.22. The van der Waals surface area contributed by atoms with Crippen molar-refractivity contribution >= 4 is 16.8 Å². The number of hydrogen-bond acceptors (Lipinski definition) is 4. The van der Waals surface area contributed by atoms with Crippen molar-refractivity contribution in [2.45, 2.75) is 0 Å². The van der Waals surface area contributed by atoms with Gasteiger partial charge in [-0.3, -0.25) is 4.68 Å². The van der Waals surface area contributed by atoms with Crippen LogP contribution in [0.15, 0.2) is 35.0 Å². The molecular formula is C11H10N4O. The molecule has 0 spiro atoms. The van der Waals surface area contributed by atoms with Gasteiger partial charge in [0.05, 0.1) is 17.4 Å². The summed E-state index contributed by atoms with van der Waals surface area (Å²) in [5.74, 6) is 0.543. The number of aryl methyl sites for hydroxylation is 1. The lowest BCUT2D eigenvalue weighted by Crippen LogP contribution is -1.85. The number of benzene rings is 1. The van der Waals surface area contributed by atoms with E-state index in [1.54, 1.807) is 16.9 Å². The first-order valence-electron chi connectivity index (χ1n) is 4.88. The molecule has 3 aromatic rings. The highest BCUT2D eigenvalue weighted by Crippen LogP contribution is 2.26. The maximum absolute atomic E-state index is 5.81. The minimum atomic E-state index is 0.543. The Bertz CT molecular complexity index is 653. The van der Waals surface area contributed by atoms with E-state index in [9.17, 15) is 0 Å². The van der Waals surface area contributed by atoms with Crippen molar-refractivity contribution in [2.24, 2.45) is 7.05 Å². The van der Waals surface area contributed by atoms with Gasteiger partial charge in [-0.1, -0.05) is 6.07 Å². The lowest BCUT2D eigenvalue weighted by molar-refractivity contribution is 0.619. The van der Waals surface area contributed by atoms with E-state index in [4.69, 9.17) is 10.2 Å². The van der Waals surface area contributed by atoms with Gasteiger partial charge in [0.1, 0.15) is 5.52 Å². The van der Waals surface area contributed by atoms with E-state index in [1.165, 1.54) is 0 Å². The summed E-state index contributed by atoms with van der Waals surface area (Å²) in [6.07, 6.45) is 3.56. The van der Waals surface area contributed by atoms with Crippen LogP contribution in [0.5, 0.6) is 0 Å². The van der Waals surface area contributed by atoms with Gasteiger partial charge in [-0.05, 0) is 12.1 Å². The summed E-state index contributed by atoms with van der Waals surface area (Å²) < 4.78 is 7.31. The van der Waals surface area contributed by atoms with Crippen molar-refractivity contribution in [3.8, 4) is 11.5 Å². The van der Waals surface area contributed by atoms with Crippen LogP contribution in [0, 0.1) is 0 Å². The molecule has 0 aliphatic carbocycles. The highest BCUT2D eigenvalue weighted by atomic mass is 16.3. The second-order valence-electron chi connectivity index (χ2n) is 3.62. The second kappa shape index (κ2) is 3.10. The number of fused-ring (bicyclic) bond motifs is 1. The van der Waals surface area contributed by atoms with E-state index in [0.29, 0.717) is 22.7 Å². The maximum atomic E-state index is 5.81. The van der Waals surface area contributed by atoms with Gasteiger partial charge >= 0.3 is 0 Å². The smallest absolute Gasteiger partial charge is 0.230 e. The summed E-state index contributed by atoms with van der Waals surface area (Å²) in [4.78, 5) is 4.35. The molecule has 0 saturated heterocycles. The van der Waals surface area contributed by atoms with E-state index in [-0.39, 0.29) is 0 Å². The number of nitrogens with zero attached hydrogens (tertiary/aromatic N) is 3. The Morgan fingerprint density at radius 1 is 1.38 bits per heavy atom. The molecule has 16 heavy (non-hydrogen) atoms. The Morgan fingerprint density at radius 2 is 2.25 bits per heavy atom. The Kier molecular flexibility index (Phi) is 1.73. The fourth-order valence-corrected chi connectivity index (χ4v) is 1.62. The fourth-order valence-electron chi connectivity index (χ4n) is 1.62. The Labute approximate surface area is 91.5 Å². The van der Waals surface area contributed by atoms with Crippen LogP contribution >= 0.6 is 0 Å². The van der Waals surface area contributed by atoms with Gasteiger partial charge in [-0.15, -0.1) is 0 Å². The molecule has 0 unspecified atom stereocenters. The fraction of sp³-hybridized carbons (Fsp3) is 0.0909. The summed E-state index contributed by atoms with van der Waals surface area (Å²) in [6.45, 7) is 0. The van der Waals surface area contributed by atoms with Gasteiger partial charge in [-0.2, -0.15) is 5.10 Å². The SMILES string of the molecule is Cn1cc(-c2nc3c(N)cccc3o2)cn1. The summed E-state index contributed by atoms with van der Waals surface area (Å²) in [5, 5.41) is 4.07. The number of nitrogen functional groups attached to an aromatic ring is 1. The zero-order valence-corrected chi connectivity index (χ0v) is 8.71. The summed E-state index contributed by atoms with van der Waals surface area (Å²) in [7, 11) is 1.85. The van der Waals surface area contributed by atoms with Crippen LogP contribution in [0.2, 0.25) is 0 Å². The van der Waals surface area contributed by atoms with Gasteiger partial charge in [0.25, 0.3) is 0 Å². The first-order chi connectivity index (χ1) is 7.74. The molecule has 2 N–H and O–H groups in total. The highest BCUT2D eigenvalue weighted by Gasteiger charge is 2.10. The third kappa shape index (κ3) is 1.25. The highest BCUT2D eigenvalue weighted by molar-refractivity contribution is 5.87. The largest absolute Gasteiger partial charge is 0.436 e. The van der Waals surface area contributed by atoms with Crippen molar-refractivity contribution in [3.05, 3.63) is 30.6 Å². The molecule has 0 saturated carbocycles. The van der Waals surface area contributed by atoms with Crippen molar-refractivity contribution in [3.63, 3.8) is 0 Å². The van der Waals surface area contributed by atoms with Crippen molar-refractivity contribution in [1.82, 2.24) is 14.8 Å². The van der Waals surface area contributed by atoms with Crippen molar-refractivity contribution < 1.29 is 4.42 Å². The molecule has 3 rings (SSSR count). The standard InChI is InChI=1S/C11H10N4O/c1-15-6-7(5-13-15)11-14-10-8(12)3-2-4-9(10)16-11/h2-6H,12H2,1H3. The van der Waals surface area contributed by atoms with E-state index < -0.39 is 0 Å². The molecule has 80 valence electrons. The molecule has 0 amide bonds. The number of oxazole rings is 1. The van der Waals surface area contributed by atoms with E-state index in [1.807, 2.05) is 25.4 Å². The summed E-state index contributed by atoms with van der Waals surface area (Å²) in [5.41, 5.74) is 8.67. The molecule has 0 atom stereocenters. The van der Waals surface area contributed by atoms with Gasteiger partial charge in [0.2, 0.25) is 5.89 Å². The van der Waals surface area contributed by atoms with Crippen molar-refractivity contribution in [1.29, 1.82) is 0 Å². The van der Waals surface area contributed by atoms with Crippen molar-refractivity contribution in [2.75, 3.05) is 5.73 Å². The third-order valence-electron chi connectivity index (χ3n) is 2.40. The molecule has 5 nitrogen and oxygen atoms in total. The second-order valence-corrected chi connectivity index (χ2v) is 3.62. The average molecular weight is 214 g/mol. The molecule has 2 aromatic heterocycles. The monoisotopic (exact) mass is 214 g/mol. The van der Waals surface area contributed by atoms with Gasteiger partial charge in [0.15, 0.2) is 5.58 Å². The molecule has 0 aliphatic rings. The van der Waals surface area contributed by atoms with Crippen LogP contribution in [0.25, 0.3) is 22.6 Å². The average Bonchev–Trinajstić information content (AvgIpc) is 2.84. The van der Waals surface area contributed by atoms with E-state index in [2.05, 4.69) is 10.1 Å². The first kappa shape index (κ1) is 8.96. The minimum absolute atomic E-state index is 0.543. The Hall–Kier alpha value is -2.30. The van der Waals surface area contributed by atoms with Gasteiger partial charge < -0.3 is 10.2 Å². The maximum Gasteiger partial charge on any atom is 0.230 e. The number of nitrogens with two attached hydrogens (primary N) is 1. The van der Waals surface area contributed by atoms with E-state index >= 15 is 0 Å². The van der Waals surface area contributed by atoms with Crippen LogP contribution in [-0.4, -0.2) is 14.8 Å². The molecule has 0 fully saturated rings. The molecule has 2 heterocycles. The van der Waals surface area contributed by atoms with Crippen LogP contribution in [0.1, 0.15) is 0 Å². The zero-order chi connectivity index (χ0) is 11.1. The number of anilines is 1. The van der Waals surface area contributed by atoms with Crippen LogP contribution in [0.4, 0.5) is 5.69 Å². The van der Waals surface area contributed by atoms with Crippen LogP contribution in [-0.2, 0) is 7.05 Å². The quantitative estimate of drug-likeness (QED) is 0.627. The lowest BCUT2D eigenvalue weighted by atomic mass is 10.3. The molecule has 0 aliphatic heterocycles. The molecule has 1 aromatic carbocycles.